The standard InChI is InChI=1S/C41H66N6O6S/c1-12-27(6)35(45-39(50)34(25(2)3)44-40(51)36(26(4)5)46(8)9)32(52-10)24-33(48)47-21-16-19-31(47)37(53-11)28(7)38(49)43-30(41-42-20-22-54-41)23-29-17-14-13-15-18-29/h13-15,17-18,20,22,25-28,30-32,34-37H,12,16,19,21,23-24H2,1-11H3,(H,43,49)(H,44,51)(H,45,50)/t27-,28+,30-,31-,32+,34-,35-,36-,37+/m0/s1. The average molecular weight is 771 g/mol. The molecule has 3 rings (SSSR count). The summed E-state index contributed by atoms with van der Waals surface area (Å²) in [5.74, 6) is -1.48. The third-order valence-corrected chi connectivity index (χ3v) is 11.8. The molecule has 2 heterocycles. The Morgan fingerprint density at radius 2 is 1.61 bits per heavy atom. The van der Waals surface area contributed by atoms with Gasteiger partial charge in [-0.3, -0.25) is 24.1 Å². The van der Waals surface area contributed by atoms with Gasteiger partial charge in [-0.1, -0.05) is 85.2 Å². The van der Waals surface area contributed by atoms with Crippen molar-refractivity contribution in [3.05, 3.63) is 52.5 Å². The summed E-state index contributed by atoms with van der Waals surface area (Å²) in [4.78, 5) is 63.5. The number of nitrogens with one attached hydrogen (secondary N) is 3. The number of likely N-dealkylation sites (N-methyl/N-ethyl adjacent to an activating group) is 1. The van der Waals surface area contributed by atoms with Crippen LogP contribution in [0.5, 0.6) is 0 Å². The van der Waals surface area contributed by atoms with Gasteiger partial charge in [0, 0.05) is 32.3 Å². The van der Waals surface area contributed by atoms with Gasteiger partial charge in [-0.25, -0.2) is 4.98 Å². The van der Waals surface area contributed by atoms with E-state index >= 15 is 0 Å². The number of nitrogens with zero attached hydrogens (tertiary/aromatic N) is 3. The molecule has 302 valence electrons. The van der Waals surface area contributed by atoms with E-state index in [0.29, 0.717) is 19.4 Å². The third kappa shape index (κ3) is 12.1. The Bertz CT molecular complexity index is 1450. The molecule has 0 saturated carbocycles. The minimum Gasteiger partial charge on any atom is -0.379 e. The fourth-order valence-corrected chi connectivity index (χ4v) is 8.40. The lowest BCUT2D eigenvalue weighted by Crippen LogP contribution is -2.59. The lowest BCUT2D eigenvalue weighted by molar-refractivity contribution is -0.143. The summed E-state index contributed by atoms with van der Waals surface area (Å²) in [7, 11) is 6.87. The Labute approximate surface area is 327 Å². The van der Waals surface area contributed by atoms with Crippen LogP contribution in [0.2, 0.25) is 0 Å². The first kappa shape index (κ1) is 45.0. The van der Waals surface area contributed by atoms with Gasteiger partial charge in [0.15, 0.2) is 0 Å². The summed E-state index contributed by atoms with van der Waals surface area (Å²) >= 11 is 1.50. The van der Waals surface area contributed by atoms with E-state index in [0.717, 1.165) is 23.4 Å². The van der Waals surface area contributed by atoms with Crippen LogP contribution in [0.4, 0.5) is 0 Å². The molecule has 9 atom stereocenters. The zero-order valence-corrected chi connectivity index (χ0v) is 35.2. The highest BCUT2D eigenvalue weighted by molar-refractivity contribution is 7.09. The van der Waals surface area contributed by atoms with E-state index < -0.39 is 30.2 Å². The van der Waals surface area contributed by atoms with Crippen molar-refractivity contribution in [3.63, 3.8) is 0 Å². The normalized spacial score (nSPS) is 19.1. The molecule has 13 heteroatoms. The topological polar surface area (TPSA) is 142 Å². The zero-order chi connectivity index (χ0) is 40.1. The molecule has 1 fully saturated rings. The number of methoxy groups -OCH3 is 2. The van der Waals surface area contributed by atoms with Crippen LogP contribution < -0.4 is 16.0 Å². The molecular weight excluding hydrogens is 705 g/mol. The number of rotatable bonds is 21. The van der Waals surface area contributed by atoms with Gasteiger partial charge in [-0.2, -0.15) is 0 Å². The van der Waals surface area contributed by atoms with E-state index in [1.807, 2.05) is 108 Å². The van der Waals surface area contributed by atoms with Crippen LogP contribution >= 0.6 is 11.3 Å². The van der Waals surface area contributed by atoms with Crippen molar-refractivity contribution in [2.24, 2.45) is 23.7 Å². The van der Waals surface area contributed by atoms with Gasteiger partial charge >= 0.3 is 0 Å². The minimum absolute atomic E-state index is 0.0214. The van der Waals surface area contributed by atoms with E-state index in [2.05, 4.69) is 20.9 Å². The van der Waals surface area contributed by atoms with Crippen LogP contribution in [0.15, 0.2) is 41.9 Å². The predicted molar refractivity (Wildman–Crippen MR) is 214 cm³/mol. The first-order valence-corrected chi connectivity index (χ1v) is 20.4. The summed E-state index contributed by atoms with van der Waals surface area (Å²) in [6, 6.07) is 7.76. The first-order valence-electron chi connectivity index (χ1n) is 19.5. The largest absolute Gasteiger partial charge is 0.379 e. The van der Waals surface area contributed by atoms with Crippen molar-refractivity contribution in [1.29, 1.82) is 0 Å². The number of benzene rings is 1. The summed E-state index contributed by atoms with van der Waals surface area (Å²) in [5, 5.41) is 12.1. The van der Waals surface area contributed by atoms with Crippen LogP contribution in [0.1, 0.15) is 90.8 Å². The highest BCUT2D eigenvalue weighted by Crippen LogP contribution is 2.29. The van der Waals surface area contributed by atoms with Gasteiger partial charge < -0.3 is 30.3 Å². The molecule has 0 radical (unpaired) electrons. The smallest absolute Gasteiger partial charge is 0.243 e. The highest BCUT2D eigenvalue weighted by atomic mass is 32.1. The second kappa shape index (κ2) is 21.6. The molecular formula is C41H66N6O6S. The molecule has 0 aliphatic carbocycles. The van der Waals surface area contributed by atoms with E-state index in [-0.39, 0.29) is 65.9 Å². The Balaban J connectivity index is 1.75. The van der Waals surface area contributed by atoms with Crippen LogP contribution in [0.25, 0.3) is 0 Å². The lowest BCUT2D eigenvalue weighted by Gasteiger charge is -2.37. The monoisotopic (exact) mass is 770 g/mol. The molecule has 1 aromatic carbocycles. The van der Waals surface area contributed by atoms with Crippen molar-refractivity contribution in [3.8, 4) is 0 Å². The third-order valence-electron chi connectivity index (χ3n) is 10.9. The minimum atomic E-state index is -0.764. The maximum atomic E-state index is 14.2. The molecule has 4 amide bonds. The number of amides is 4. The molecule has 0 spiro atoms. The number of thiazole rings is 1. The first-order chi connectivity index (χ1) is 25.6. The quantitative estimate of drug-likeness (QED) is 0.164. The predicted octanol–water partition coefficient (Wildman–Crippen LogP) is 4.85. The van der Waals surface area contributed by atoms with Gasteiger partial charge in [0.25, 0.3) is 0 Å². The fraction of sp³-hybridized carbons (Fsp3) is 0.683. The Morgan fingerprint density at radius 1 is 0.926 bits per heavy atom. The molecule has 1 aliphatic rings. The maximum absolute atomic E-state index is 14.2. The van der Waals surface area contributed by atoms with Gasteiger partial charge in [0.2, 0.25) is 23.6 Å². The van der Waals surface area contributed by atoms with E-state index in [4.69, 9.17) is 9.47 Å². The van der Waals surface area contributed by atoms with Crippen molar-refractivity contribution in [2.75, 3.05) is 34.9 Å². The van der Waals surface area contributed by atoms with Crippen molar-refractivity contribution in [1.82, 2.24) is 30.7 Å². The van der Waals surface area contributed by atoms with Crippen molar-refractivity contribution >= 4 is 35.0 Å². The van der Waals surface area contributed by atoms with Crippen LogP contribution in [-0.4, -0.2) is 110 Å². The molecule has 2 aromatic rings. The van der Waals surface area contributed by atoms with Gasteiger partial charge in [0.1, 0.15) is 11.0 Å². The number of carbonyl (C=O) groups excluding carboxylic acids is 4. The summed E-state index contributed by atoms with van der Waals surface area (Å²) in [5.41, 5.74) is 1.09. The SMILES string of the molecule is CC[C@H](C)[C@H](NC(=O)[C@@H](NC(=O)[C@H](C(C)C)N(C)C)C(C)C)[C@@H](CC(=O)N1CCC[C@H]1[C@H](OC)[C@@H](C)C(=O)N[C@@H](Cc1ccccc1)c1nccs1)OC. The zero-order valence-electron chi connectivity index (χ0n) is 34.3. The lowest BCUT2D eigenvalue weighted by atomic mass is 9.90. The van der Waals surface area contributed by atoms with Crippen molar-refractivity contribution < 1.29 is 28.7 Å². The molecule has 1 saturated heterocycles. The van der Waals surface area contributed by atoms with E-state index in [1.165, 1.54) is 11.3 Å². The van der Waals surface area contributed by atoms with Crippen LogP contribution in [0.3, 0.4) is 0 Å². The molecule has 12 nitrogen and oxygen atoms in total. The molecule has 54 heavy (non-hydrogen) atoms. The van der Waals surface area contributed by atoms with Crippen LogP contribution in [0, 0.1) is 23.7 Å². The molecule has 0 bridgehead atoms. The summed E-state index contributed by atoms with van der Waals surface area (Å²) in [6.45, 7) is 14.2. The van der Waals surface area contributed by atoms with Gasteiger partial charge in [-0.15, -0.1) is 11.3 Å². The molecule has 1 aliphatic heterocycles. The average Bonchev–Trinajstić information content (AvgIpc) is 3.85. The Morgan fingerprint density at radius 3 is 2.15 bits per heavy atom. The maximum Gasteiger partial charge on any atom is 0.243 e. The van der Waals surface area contributed by atoms with Crippen LogP contribution in [-0.2, 0) is 35.1 Å². The van der Waals surface area contributed by atoms with Crippen molar-refractivity contribution in [2.45, 2.75) is 123 Å². The second-order valence-corrected chi connectivity index (χ2v) is 16.6. The number of hydrogen-bond donors (Lipinski definition) is 3. The number of aromatic nitrogens is 1. The van der Waals surface area contributed by atoms with E-state index in [1.54, 1.807) is 20.4 Å². The number of ether oxygens (including phenoxy) is 2. The number of carbonyl (C=O) groups is 4. The molecule has 3 N–H and O–H groups in total. The Kier molecular flexibility index (Phi) is 18.0. The van der Waals surface area contributed by atoms with Gasteiger partial charge in [0.05, 0.1) is 48.7 Å². The summed E-state index contributed by atoms with van der Waals surface area (Å²) < 4.78 is 12.0. The highest BCUT2D eigenvalue weighted by Gasteiger charge is 2.42. The number of likely N-dealkylation sites (tertiary alicyclic amines) is 1. The fourth-order valence-electron chi connectivity index (χ4n) is 7.71. The molecule has 0 unspecified atom stereocenters. The number of hydrogen-bond acceptors (Lipinski definition) is 9. The summed E-state index contributed by atoms with van der Waals surface area (Å²) in [6.07, 6.45) is 3.45. The van der Waals surface area contributed by atoms with Gasteiger partial charge in [-0.05, 0) is 56.7 Å². The second-order valence-electron chi connectivity index (χ2n) is 15.7. The Hall–Kier alpha value is -3.39. The molecule has 1 aromatic heterocycles. The van der Waals surface area contributed by atoms with E-state index in [9.17, 15) is 19.2 Å².